The zero-order valence-electron chi connectivity index (χ0n) is 13.2. The average molecular weight is 367 g/mol. The summed E-state index contributed by atoms with van der Waals surface area (Å²) in [6.45, 7) is 0. The minimum atomic E-state index is 0.465. The lowest BCUT2D eigenvalue weighted by Gasteiger charge is -2.11. The summed E-state index contributed by atoms with van der Waals surface area (Å²) in [6.07, 6.45) is 0. The van der Waals surface area contributed by atoms with Crippen LogP contribution >= 0.6 is 23.8 Å². The summed E-state index contributed by atoms with van der Waals surface area (Å²) in [5.41, 5.74) is 3.19. The molecular weight excluding hydrogens is 352 g/mol. The van der Waals surface area contributed by atoms with Gasteiger partial charge in [-0.05, 0) is 60.7 Å². The Balaban J connectivity index is 1.60. The molecule has 0 aliphatic rings. The molecule has 0 unspecified atom stereocenters. The maximum atomic E-state index is 6.10. The molecule has 3 aromatic rings. The van der Waals surface area contributed by atoms with Gasteiger partial charge in [0, 0.05) is 5.69 Å². The first-order chi connectivity index (χ1) is 12.2. The summed E-state index contributed by atoms with van der Waals surface area (Å²) in [6, 6.07) is 24.5. The Morgan fingerprint density at radius 3 is 2.00 bits per heavy atom. The third-order valence-corrected chi connectivity index (χ3v) is 3.82. The number of nitrogens with zero attached hydrogens (tertiary/aromatic N) is 2. The van der Waals surface area contributed by atoms with E-state index < -0.39 is 0 Å². The summed E-state index contributed by atoms with van der Waals surface area (Å²) >= 11 is 11.4. The van der Waals surface area contributed by atoms with Crippen LogP contribution in [0.3, 0.4) is 0 Å². The molecule has 0 radical (unpaired) electrons. The fourth-order valence-corrected chi connectivity index (χ4v) is 2.48. The molecule has 0 aliphatic carbocycles. The van der Waals surface area contributed by atoms with Crippen molar-refractivity contribution >= 4 is 51.7 Å². The number of benzene rings is 3. The van der Waals surface area contributed by atoms with Gasteiger partial charge in [0.1, 0.15) is 0 Å². The number of azo groups is 1. The van der Waals surface area contributed by atoms with Gasteiger partial charge >= 0.3 is 0 Å². The number of hydrogen-bond acceptors (Lipinski definition) is 3. The highest BCUT2D eigenvalue weighted by atomic mass is 35.5. The summed E-state index contributed by atoms with van der Waals surface area (Å²) < 4.78 is 0. The third-order valence-electron chi connectivity index (χ3n) is 3.28. The molecule has 6 heteroatoms. The first-order valence-electron chi connectivity index (χ1n) is 7.60. The molecule has 0 amide bonds. The molecule has 25 heavy (non-hydrogen) atoms. The number of hydrogen-bond donors (Lipinski definition) is 2. The number of anilines is 2. The van der Waals surface area contributed by atoms with Gasteiger partial charge in [-0.25, -0.2) is 0 Å². The van der Waals surface area contributed by atoms with Gasteiger partial charge in [0.2, 0.25) is 0 Å². The SMILES string of the molecule is S=C(Nc1ccc(N=Nc2ccccc2)cc1)Nc1ccccc1Cl. The lowest BCUT2D eigenvalue weighted by molar-refractivity contribution is 1.23. The van der Waals surface area contributed by atoms with Crippen LogP contribution in [0.4, 0.5) is 22.7 Å². The van der Waals surface area contributed by atoms with Gasteiger partial charge in [0.25, 0.3) is 0 Å². The Kier molecular flexibility index (Phi) is 5.72. The number of rotatable bonds is 4. The van der Waals surface area contributed by atoms with Crippen LogP contribution in [0.2, 0.25) is 5.02 Å². The van der Waals surface area contributed by atoms with Crippen LogP contribution in [-0.2, 0) is 0 Å². The van der Waals surface area contributed by atoms with Crippen molar-refractivity contribution < 1.29 is 0 Å². The van der Waals surface area contributed by atoms with Crippen molar-refractivity contribution in [1.82, 2.24) is 0 Å². The average Bonchev–Trinajstić information content (AvgIpc) is 2.64. The van der Waals surface area contributed by atoms with Crippen LogP contribution in [0.25, 0.3) is 0 Å². The third kappa shape index (κ3) is 5.11. The van der Waals surface area contributed by atoms with Gasteiger partial charge in [0.05, 0.1) is 22.1 Å². The molecule has 124 valence electrons. The molecule has 0 aromatic heterocycles. The zero-order valence-corrected chi connectivity index (χ0v) is 14.8. The van der Waals surface area contributed by atoms with Crippen molar-refractivity contribution in [2.75, 3.05) is 10.6 Å². The lowest BCUT2D eigenvalue weighted by Crippen LogP contribution is -2.19. The quantitative estimate of drug-likeness (QED) is 0.405. The molecule has 0 spiro atoms. The van der Waals surface area contributed by atoms with E-state index in [0.717, 1.165) is 22.7 Å². The number of thiocarbonyl (C=S) groups is 1. The van der Waals surface area contributed by atoms with Crippen LogP contribution in [0.1, 0.15) is 0 Å². The second-order valence-electron chi connectivity index (χ2n) is 5.14. The van der Waals surface area contributed by atoms with E-state index in [1.807, 2.05) is 72.8 Å². The normalized spacial score (nSPS) is 10.6. The maximum Gasteiger partial charge on any atom is 0.175 e. The molecular formula is C19H15ClN4S. The Hall–Kier alpha value is -2.76. The lowest BCUT2D eigenvalue weighted by atomic mass is 10.3. The van der Waals surface area contributed by atoms with Gasteiger partial charge in [-0.3, -0.25) is 0 Å². The van der Waals surface area contributed by atoms with Gasteiger partial charge < -0.3 is 10.6 Å². The molecule has 4 nitrogen and oxygen atoms in total. The molecule has 0 saturated carbocycles. The van der Waals surface area contributed by atoms with Crippen LogP contribution in [0.15, 0.2) is 89.1 Å². The topological polar surface area (TPSA) is 48.8 Å². The molecule has 0 saturated heterocycles. The summed E-state index contributed by atoms with van der Waals surface area (Å²) in [4.78, 5) is 0. The summed E-state index contributed by atoms with van der Waals surface area (Å²) in [7, 11) is 0. The number of halogens is 1. The predicted octanol–water partition coefficient (Wildman–Crippen LogP) is 6.56. The van der Waals surface area contributed by atoms with Crippen LogP contribution in [0, 0.1) is 0 Å². The molecule has 0 fully saturated rings. The van der Waals surface area contributed by atoms with Crippen LogP contribution in [0.5, 0.6) is 0 Å². The van der Waals surface area contributed by atoms with Crippen molar-refractivity contribution in [3.05, 3.63) is 83.9 Å². The van der Waals surface area contributed by atoms with Crippen molar-refractivity contribution in [2.24, 2.45) is 10.2 Å². The first-order valence-corrected chi connectivity index (χ1v) is 8.39. The van der Waals surface area contributed by atoms with Gasteiger partial charge in [-0.15, -0.1) is 0 Å². The highest BCUT2D eigenvalue weighted by Crippen LogP contribution is 2.22. The molecule has 3 rings (SSSR count). The van der Waals surface area contributed by atoms with Gasteiger partial charge in [-0.1, -0.05) is 41.9 Å². The smallest absolute Gasteiger partial charge is 0.175 e. The zero-order chi connectivity index (χ0) is 17.5. The summed E-state index contributed by atoms with van der Waals surface area (Å²) in [5.74, 6) is 0. The van der Waals surface area contributed by atoms with E-state index in [4.69, 9.17) is 23.8 Å². The fraction of sp³-hybridized carbons (Fsp3) is 0. The largest absolute Gasteiger partial charge is 0.332 e. The van der Waals surface area contributed by atoms with Crippen molar-refractivity contribution in [3.8, 4) is 0 Å². The number of para-hydroxylation sites is 1. The Bertz CT molecular complexity index is 879. The van der Waals surface area contributed by atoms with E-state index in [1.54, 1.807) is 6.07 Å². The van der Waals surface area contributed by atoms with Gasteiger partial charge in [-0.2, -0.15) is 10.2 Å². The second kappa shape index (κ2) is 8.37. The Labute approximate surface area is 156 Å². The minimum Gasteiger partial charge on any atom is -0.332 e. The Morgan fingerprint density at radius 1 is 0.720 bits per heavy atom. The monoisotopic (exact) mass is 366 g/mol. The van der Waals surface area contributed by atoms with E-state index in [-0.39, 0.29) is 0 Å². The minimum absolute atomic E-state index is 0.465. The molecule has 0 bridgehead atoms. The predicted molar refractivity (Wildman–Crippen MR) is 108 cm³/mol. The standard InChI is InChI=1S/C19H15ClN4S/c20-17-8-4-5-9-18(17)22-19(25)21-14-10-12-16(13-11-14)24-23-15-6-2-1-3-7-15/h1-13H,(H2,21,22,25). The first kappa shape index (κ1) is 17.1. The maximum absolute atomic E-state index is 6.10. The van der Waals surface area contributed by atoms with E-state index in [2.05, 4.69) is 20.9 Å². The molecule has 0 atom stereocenters. The van der Waals surface area contributed by atoms with E-state index in [1.165, 1.54) is 0 Å². The second-order valence-corrected chi connectivity index (χ2v) is 5.96. The van der Waals surface area contributed by atoms with Gasteiger partial charge in [0.15, 0.2) is 5.11 Å². The fourth-order valence-electron chi connectivity index (χ4n) is 2.07. The molecule has 0 heterocycles. The van der Waals surface area contributed by atoms with Crippen molar-refractivity contribution in [1.29, 1.82) is 0 Å². The summed E-state index contributed by atoms with van der Waals surface area (Å²) in [5, 5.41) is 15.6. The van der Waals surface area contributed by atoms with Crippen LogP contribution < -0.4 is 10.6 Å². The Morgan fingerprint density at radius 2 is 1.32 bits per heavy atom. The number of nitrogens with one attached hydrogen (secondary N) is 2. The van der Waals surface area contributed by atoms with Crippen molar-refractivity contribution in [3.63, 3.8) is 0 Å². The van der Waals surface area contributed by atoms with E-state index in [0.29, 0.717) is 10.1 Å². The highest BCUT2D eigenvalue weighted by molar-refractivity contribution is 7.80. The van der Waals surface area contributed by atoms with E-state index >= 15 is 0 Å². The van der Waals surface area contributed by atoms with Crippen LogP contribution in [-0.4, -0.2) is 5.11 Å². The molecule has 2 N–H and O–H groups in total. The molecule has 0 aliphatic heterocycles. The van der Waals surface area contributed by atoms with E-state index in [9.17, 15) is 0 Å². The highest BCUT2D eigenvalue weighted by Gasteiger charge is 2.02. The van der Waals surface area contributed by atoms with Crippen molar-refractivity contribution in [2.45, 2.75) is 0 Å². The molecule has 3 aromatic carbocycles.